The monoisotopic (exact) mass is 365 g/mol. The Bertz CT molecular complexity index is 586. The zero-order valence-electron chi connectivity index (χ0n) is 16.5. The molecule has 0 saturated carbocycles. The van der Waals surface area contributed by atoms with Gasteiger partial charge in [0.1, 0.15) is 0 Å². The van der Waals surface area contributed by atoms with Gasteiger partial charge in [0.25, 0.3) is 5.69 Å². The van der Waals surface area contributed by atoms with Crippen molar-refractivity contribution in [3.05, 3.63) is 39.9 Å². The molecule has 0 fully saturated rings. The number of nitro benzene ring substituents is 1. The molecule has 1 aromatic rings. The Morgan fingerprint density at radius 1 is 1.15 bits per heavy atom. The second kappa shape index (κ2) is 10.9. The lowest BCUT2D eigenvalue weighted by atomic mass is 9.90. The zero-order valence-corrected chi connectivity index (χ0v) is 16.5. The number of rotatable bonds is 11. The number of esters is 1. The lowest BCUT2D eigenvalue weighted by Gasteiger charge is -2.37. The first-order valence-corrected chi connectivity index (χ1v) is 9.21. The molecule has 0 saturated heterocycles. The summed E-state index contributed by atoms with van der Waals surface area (Å²) in [5.41, 5.74) is 0.802. The van der Waals surface area contributed by atoms with E-state index >= 15 is 0 Å². The maximum atomic E-state index is 12.6. The largest absolute Gasteiger partial charge is 0.469 e. The molecular formula is C19H31N3O4. The number of methoxy groups -OCH3 is 1. The van der Waals surface area contributed by atoms with Crippen LogP contribution in [0, 0.1) is 16.0 Å². The number of ether oxygens (including phenoxy) is 1. The lowest BCUT2D eigenvalue weighted by molar-refractivity contribution is -0.385. The second-order valence-corrected chi connectivity index (χ2v) is 6.13. The Hall–Kier alpha value is -1.99. The molecule has 146 valence electrons. The van der Waals surface area contributed by atoms with Crippen LogP contribution >= 0.6 is 0 Å². The summed E-state index contributed by atoms with van der Waals surface area (Å²) in [4.78, 5) is 27.8. The highest BCUT2D eigenvalue weighted by Gasteiger charge is 2.35. The number of hydrogen-bond acceptors (Lipinski definition) is 6. The second-order valence-electron chi connectivity index (χ2n) is 6.13. The van der Waals surface area contributed by atoms with Gasteiger partial charge in [-0.05, 0) is 31.7 Å². The predicted octanol–water partition coefficient (Wildman–Crippen LogP) is 3.11. The number of hydrogen-bond donors (Lipinski definition) is 0. The molecule has 0 aromatic heterocycles. The maximum absolute atomic E-state index is 12.6. The van der Waals surface area contributed by atoms with Crippen molar-refractivity contribution in [2.75, 3.05) is 39.8 Å². The van der Waals surface area contributed by atoms with E-state index in [0.717, 1.165) is 31.7 Å². The van der Waals surface area contributed by atoms with E-state index in [1.807, 2.05) is 19.9 Å². The third kappa shape index (κ3) is 5.51. The summed E-state index contributed by atoms with van der Waals surface area (Å²) in [6.07, 6.45) is 0. The van der Waals surface area contributed by atoms with Crippen molar-refractivity contribution in [3.63, 3.8) is 0 Å². The molecule has 0 heterocycles. The van der Waals surface area contributed by atoms with Crippen molar-refractivity contribution >= 4 is 11.7 Å². The van der Waals surface area contributed by atoms with Gasteiger partial charge >= 0.3 is 5.97 Å². The number of carbonyl (C=O) groups excluding carboxylic acids is 1. The van der Waals surface area contributed by atoms with Gasteiger partial charge in [-0.25, -0.2) is 0 Å². The van der Waals surface area contributed by atoms with Crippen molar-refractivity contribution in [3.8, 4) is 0 Å². The van der Waals surface area contributed by atoms with Crippen molar-refractivity contribution in [1.82, 2.24) is 9.80 Å². The molecule has 0 spiro atoms. The quantitative estimate of drug-likeness (QED) is 0.341. The van der Waals surface area contributed by atoms with Crippen LogP contribution in [0.15, 0.2) is 24.3 Å². The number of non-ortho nitro benzene ring substituents is 1. The van der Waals surface area contributed by atoms with Gasteiger partial charge in [0, 0.05) is 24.7 Å². The van der Waals surface area contributed by atoms with Crippen molar-refractivity contribution in [2.24, 2.45) is 5.92 Å². The zero-order chi connectivity index (χ0) is 19.7. The highest BCUT2D eigenvalue weighted by atomic mass is 16.6. The number of carbonyl (C=O) groups is 1. The van der Waals surface area contributed by atoms with Gasteiger partial charge in [-0.3, -0.25) is 19.8 Å². The molecule has 0 unspecified atom stereocenters. The van der Waals surface area contributed by atoms with Crippen LogP contribution in [0.25, 0.3) is 0 Å². The van der Waals surface area contributed by atoms with Gasteiger partial charge in [0.2, 0.25) is 0 Å². The minimum absolute atomic E-state index is 0.0334. The number of nitrogens with zero attached hydrogens (tertiary/aromatic N) is 3. The summed E-state index contributed by atoms with van der Waals surface area (Å²) in [7, 11) is 1.39. The van der Waals surface area contributed by atoms with Crippen molar-refractivity contribution in [1.29, 1.82) is 0 Å². The molecule has 0 aliphatic heterocycles. The Kier molecular flexibility index (Phi) is 9.23. The van der Waals surface area contributed by atoms with E-state index in [4.69, 9.17) is 4.74 Å². The molecule has 0 radical (unpaired) electrons. The molecular weight excluding hydrogens is 334 g/mol. The van der Waals surface area contributed by atoms with E-state index in [-0.39, 0.29) is 17.7 Å². The van der Waals surface area contributed by atoms with Gasteiger partial charge in [-0.1, -0.05) is 39.8 Å². The fourth-order valence-corrected chi connectivity index (χ4v) is 3.35. The molecule has 0 aliphatic rings. The fourth-order valence-electron chi connectivity index (χ4n) is 3.35. The topological polar surface area (TPSA) is 75.9 Å². The van der Waals surface area contributed by atoms with Crippen molar-refractivity contribution < 1.29 is 14.5 Å². The summed E-state index contributed by atoms with van der Waals surface area (Å²) in [5.74, 6) is -0.720. The Morgan fingerprint density at radius 3 is 2.23 bits per heavy atom. The van der Waals surface area contributed by atoms with E-state index in [9.17, 15) is 14.9 Å². The highest BCUT2D eigenvalue weighted by molar-refractivity contribution is 5.74. The Balaban J connectivity index is 3.41. The summed E-state index contributed by atoms with van der Waals surface area (Å²) < 4.78 is 5.10. The minimum Gasteiger partial charge on any atom is -0.469 e. The van der Waals surface area contributed by atoms with Crippen LogP contribution in [0.3, 0.4) is 0 Å². The average Bonchev–Trinajstić information content (AvgIpc) is 2.67. The van der Waals surface area contributed by atoms with Crippen LogP contribution in [0.4, 0.5) is 5.69 Å². The van der Waals surface area contributed by atoms with Crippen LogP contribution in [-0.2, 0) is 9.53 Å². The normalized spacial score (nSPS) is 13.7. The molecule has 1 rings (SSSR count). The van der Waals surface area contributed by atoms with Gasteiger partial charge in [0.15, 0.2) is 0 Å². The standard InChI is InChI=1S/C19H31N3O4/c1-6-20(7-2)14-17(19(23)26-5)18(21(8-3)9-4)15-11-10-12-16(13-15)22(24)25/h10-13,17-18H,6-9,14H2,1-5H3/t17-,18+/m0/s1. The average molecular weight is 365 g/mol. The van der Waals surface area contributed by atoms with Gasteiger partial charge in [0.05, 0.1) is 18.0 Å². The summed E-state index contributed by atoms with van der Waals surface area (Å²) in [6, 6.07) is 6.30. The number of nitro groups is 1. The Morgan fingerprint density at radius 2 is 1.77 bits per heavy atom. The summed E-state index contributed by atoms with van der Waals surface area (Å²) >= 11 is 0. The first-order chi connectivity index (χ1) is 12.4. The molecule has 26 heavy (non-hydrogen) atoms. The fraction of sp³-hybridized carbons (Fsp3) is 0.632. The summed E-state index contributed by atoms with van der Waals surface area (Å²) in [5, 5.41) is 11.2. The van der Waals surface area contributed by atoms with Gasteiger partial charge < -0.3 is 9.64 Å². The maximum Gasteiger partial charge on any atom is 0.311 e. The first-order valence-electron chi connectivity index (χ1n) is 9.21. The minimum atomic E-state index is -0.429. The smallest absolute Gasteiger partial charge is 0.311 e. The molecule has 0 N–H and O–H groups in total. The molecule has 7 heteroatoms. The van der Waals surface area contributed by atoms with Crippen molar-refractivity contribution in [2.45, 2.75) is 33.7 Å². The molecule has 0 aliphatic carbocycles. The molecule has 0 bridgehead atoms. The van der Waals surface area contributed by atoms with Gasteiger partial charge in [-0.15, -0.1) is 0 Å². The molecule has 7 nitrogen and oxygen atoms in total. The van der Waals surface area contributed by atoms with E-state index in [1.165, 1.54) is 13.2 Å². The van der Waals surface area contributed by atoms with Crippen LogP contribution in [0.5, 0.6) is 0 Å². The predicted molar refractivity (Wildman–Crippen MR) is 102 cm³/mol. The van der Waals surface area contributed by atoms with Crippen LogP contribution in [0.1, 0.15) is 39.3 Å². The SMILES string of the molecule is CCN(CC)C[C@H](C(=O)OC)[C@@H](c1cccc([N+](=O)[O-])c1)N(CC)CC. The Labute approximate surface area is 156 Å². The van der Waals surface area contributed by atoms with Crippen LogP contribution in [0.2, 0.25) is 0 Å². The summed E-state index contributed by atoms with van der Waals surface area (Å²) in [6.45, 7) is 11.8. The third-order valence-electron chi connectivity index (χ3n) is 4.86. The lowest BCUT2D eigenvalue weighted by Crippen LogP contribution is -2.43. The molecule has 0 amide bonds. The van der Waals surface area contributed by atoms with E-state index in [0.29, 0.717) is 6.54 Å². The molecule has 2 atom stereocenters. The highest BCUT2D eigenvalue weighted by Crippen LogP contribution is 2.32. The van der Waals surface area contributed by atoms with E-state index in [1.54, 1.807) is 12.1 Å². The first kappa shape index (κ1) is 22.1. The van der Waals surface area contributed by atoms with Gasteiger partial charge in [-0.2, -0.15) is 0 Å². The molecule has 1 aromatic carbocycles. The number of benzene rings is 1. The third-order valence-corrected chi connectivity index (χ3v) is 4.86. The van der Waals surface area contributed by atoms with E-state index in [2.05, 4.69) is 23.6 Å². The van der Waals surface area contributed by atoms with E-state index < -0.39 is 10.8 Å². The van der Waals surface area contributed by atoms with Crippen LogP contribution < -0.4 is 0 Å². The van der Waals surface area contributed by atoms with Crippen LogP contribution in [-0.4, -0.2) is 60.5 Å².